The number of ether oxygens (including phenoxy) is 2. The summed E-state index contributed by atoms with van der Waals surface area (Å²) in [5.41, 5.74) is 0.593. The number of halogens is 1. The van der Waals surface area contributed by atoms with Crippen molar-refractivity contribution >= 4 is 12.1 Å². The van der Waals surface area contributed by atoms with E-state index in [2.05, 4.69) is 10.3 Å². The topological polar surface area (TPSA) is 82.5 Å². The number of benzene rings is 1. The second-order valence-electron chi connectivity index (χ2n) is 6.67. The van der Waals surface area contributed by atoms with E-state index in [1.54, 1.807) is 50.0 Å². The van der Waals surface area contributed by atoms with E-state index in [1.165, 1.54) is 19.2 Å². The summed E-state index contributed by atoms with van der Waals surface area (Å²) in [5.74, 6) is -0.936. The highest BCUT2D eigenvalue weighted by molar-refractivity contribution is 5.81. The van der Waals surface area contributed by atoms with Crippen molar-refractivity contribution in [3.8, 4) is 5.69 Å². The van der Waals surface area contributed by atoms with E-state index in [1.807, 2.05) is 0 Å². The molecule has 0 aliphatic rings. The Morgan fingerprint density at radius 1 is 1.27 bits per heavy atom. The fraction of sp³-hybridized carbons (Fsp3) is 0.389. The fourth-order valence-corrected chi connectivity index (χ4v) is 2.22. The van der Waals surface area contributed by atoms with Crippen molar-refractivity contribution in [2.45, 2.75) is 38.8 Å². The second kappa shape index (κ2) is 7.99. The van der Waals surface area contributed by atoms with Crippen LogP contribution in [-0.2, 0) is 20.7 Å². The van der Waals surface area contributed by atoms with Crippen LogP contribution in [0.4, 0.5) is 9.18 Å². The molecule has 2 rings (SSSR count). The van der Waals surface area contributed by atoms with Crippen molar-refractivity contribution in [3.05, 3.63) is 48.3 Å². The number of carbonyl (C=O) groups is 2. The molecule has 1 amide bonds. The van der Waals surface area contributed by atoms with Crippen LogP contribution < -0.4 is 5.32 Å². The van der Waals surface area contributed by atoms with Gasteiger partial charge in [-0.3, -0.25) is 0 Å². The van der Waals surface area contributed by atoms with Gasteiger partial charge in [-0.1, -0.05) is 0 Å². The first kappa shape index (κ1) is 19.4. The standard InChI is InChI=1S/C18H22FN3O4/c1-18(2,3)26-17(24)21-15(16(23)25-4)9-13-10-22(11-20-13)14-7-5-12(19)6-8-14/h5-8,10-11,15H,9H2,1-4H3,(H,21,24)/t15-/m0/s1. The van der Waals surface area contributed by atoms with E-state index in [4.69, 9.17) is 9.47 Å². The zero-order valence-corrected chi connectivity index (χ0v) is 15.2. The lowest BCUT2D eigenvalue weighted by Gasteiger charge is -2.22. The largest absolute Gasteiger partial charge is 0.467 e. The molecule has 0 saturated carbocycles. The maximum Gasteiger partial charge on any atom is 0.408 e. The maximum atomic E-state index is 13.0. The molecular weight excluding hydrogens is 341 g/mol. The molecular formula is C18H22FN3O4. The van der Waals surface area contributed by atoms with Crippen LogP contribution in [-0.4, -0.2) is 40.4 Å². The van der Waals surface area contributed by atoms with Gasteiger partial charge in [0, 0.05) is 18.3 Å². The number of hydrogen-bond donors (Lipinski definition) is 1. The van der Waals surface area contributed by atoms with Crippen molar-refractivity contribution in [1.82, 2.24) is 14.9 Å². The molecule has 0 radical (unpaired) electrons. The highest BCUT2D eigenvalue weighted by atomic mass is 19.1. The second-order valence-corrected chi connectivity index (χ2v) is 6.67. The molecule has 0 spiro atoms. The third kappa shape index (κ3) is 5.58. The first-order valence-corrected chi connectivity index (χ1v) is 8.04. The summed E-state index contributed by atoms with van der Waals surface area (Å²) in [6.07, 6.45) is 2.65. The van der Waals surface area contributed by atoms with Crippen molar-refractivity contribution in [3.63, 3.8) is 0 Å². The van der Waals surface area contributed by atoms with Crippen LogP contribution in [0.25, 0.3) is 5.69 Å². The average Bonchev–Trinajstić information content (AvgIpc) is 3.01. The number of esters is 1. The number of amides is 1. The summed E-state index contributed by atoms with van der Waals surface area (Å²) in [5, 5.41) is 2.49. The number of aromatic nitrogens is 2. The summed E-state index contributed by atoms with van der Waals surface area (Å²) >= 11 is 0. The lowest BCUT2D eigenvalue weighted by atomic mass is 10.1. The Hall–Kier alpha value is -2.90. The zero-order chi connectivity index (χ0) is 19.3. The normalized spacial score (nSPS) is 12.3. The minimum Gasteiger partial charge on any atom is -0.467 e. The van der Waals surface area contributed by atoms with Crippen molar-refractivity contribution in [1.29, 1.82) is 0 Å². The fourth-order valence-electron chi connectivity index (χ4n) is 2.22. The van der Waals surface area contributed by atoms with E-state index in [9.17, 15) is 14.0 Å². The average molecular weight is 363 g/mol. The molecule has 0 aliphatic carbocycles. The molecule has 0 bridgehead atoms. The molecule has 26 heavy (non-hydrogen) atoms. The molecule has 7 nitrogen and oxygen atoms in total. The number of nitrogens with one attached hydrogen (secondary N) is 1. The predicted molar refractivity (Wildman–Crippen MR) is 92.4 cm³/mol. The minimum atomic E-state index is -0.939. The van der Waals surface area contributed by atoms with Gasteiger partial charge in [0.05, 0.1) is 19.1 Å². The van der Waals surface area contributed by atoms with Gasteiger partial charge in [0.15, 0.2) is 0 Å². The number of carbonyl (C=O) groups excluding carboxylic acids is 2. The molecule has 1 atom stereocenters. The van der Waals surface area contributed by atoms with E-state index < -0.39 is 23.7 Å². The van der Waals surface area contributed by atoms with Crippen molar-refractivity contribution in [2.24, 2.45) is 0 Å². The van der Waals surface area contributed by atoms with E-state index >= 15 is 0 Å². The molecule has 2 aromatic rings. The molecule has 0 unspecified atom stereocenters. The highest BCUT2D eigenvalue weighted by Crippen LogP contribution is 2.12. The Kier molecular flexibility index (Phi) is 5.97. The molecule has 140 valence electrons. The van der Waals surface area contributed by atoms with Crippen LogP contribution in [0.15, 0.2) is 36.8 Å². The van der Waals surface area contributed by atoms with Crippen LogP contribution in [0.3, 0.4) is 0 Å². The molecule has 8 heteroatoms. The Balaban J connectivity index is 2.10. The van der Waals surface area contributed by atoms with E-state index in [0.717, 1.165) is 5.69 Å². The van der Waals surface area contributed by atoms with Crippen LogP contribution in [0, 0.1) is 5.82 Å². The summed E-state index contributed by atoms with van der Waals surface area (Å²) in [7, 11) is 1.24. The number of rotatable bonds is 5. The van der Waals surface area contributed by atoms with Gasteiger partial charge in [0.2, 0.25) is 0 Å². The Bertz CT molecular complexity index is 765. The molecule has 0 aliphatic heterocycles. The lowest BCUT2D eigenvalue weighted by Crippen LogP contribution is -2.45. The highest BCUT2D eigenvalue weighted by Gasteiger charge is 2.26. The summed E-state index contributed by atoms with van der Waals surface area (Å²) in [6, 6.07) is 4.97. The van der Waals surface area contributed by atoms with Crippen LogP contribution >= 0.6 is 0 Å². The number of alkyl carbamates (subject to hydrolysis) is 1. The first-order valence-electron chi connectivity index (χ1n) is 8.04. The third-order valence-electron chi connectivity index (χ3n) is 3.35. The smallest absolute Gasteiger partial charge is 0.408 e. The van der Waals surface area contributed by atoms with E-state index in [0.29, 0.717) is 5.69 Å². The first-order chi connectivity index (χ1) is 12.2. The third-order valence-corrected chi connectivity index (χ3v) is 3.35. The van der Waals surface area contributed by atoms with Gasteiger partial charge in [0.1, 0.15) is 17.5 Å². The quantitative estimate of drug-likeness (QED) is 0.826. The Morgan fingerprint density at radius 3 is 2.50 bits per heavy atom. The minimum absolute atomic E-state index is 0.125. The molecule has 1 aromatic carbocycles. The van der Waals surface area contributed by atoms with Gasteiger partial charge in [-0.05, 0) is 45.0 Å². The summed E-state index contributed by atoms with van der Waals surface area (Å²) in [6.45, 7) is 5.18. The van der Waals surface area contributed by atoms with Crippen molar-refractivity contribution < 1.29 is 23.5 Å². The maximum absolute atomic E-state index is 13.0. The molecule has 1 heterocycles. The summed E-state index contributed by atoms with van der Waals surface area (Å²) in [4.78, 5) is 28.1. The molecule has 1 aromatic heterocycles. The van der Waals surface area contributed by atoms with Crippen LogP contribution in [0.5, 0.6) is 0 Å². The van der Waals surface area contributed by atoms with Gasteiger partial charge in [-0.25, -0.2) is 19.0 Å². The van der Waals surface area contributed by atoms with E-state index in [-0.39, 0.29) is 12.2 Å². The summed E-state index contributed by atoms with van der Waals surface area (Å²) < 4.78 is 24.6. The van der Waals surface area contributed by atoms with Crippen LogP contribution in [0.1, 0.15) is 26.5 Å². The number of methoxy groups -OCH3 is 1. The van der Waals surface area contributed by atoms with Gasteiger partial charge in [-0.2, -0.15) is 0 Å². The van der Waals surface area contributed by atoms with Crippen LogP contribution in [0.2, 0.25) is 0 Å². The molecule has 0 fully saturated rings. The lowest BCUT2D eigenvalue weighted by molar-refractivity contribution is -0.143. The zero-order valence-electron chi connectivity index (χ0n) is 15.2. The Labute approximate surface area is 151 Å². The SMILES string of the molecule is COC(=O)[C@H](Cc1cn(-c2ccc(F)cc2)cn1)NC(=O)OC(C)(C)C. The molecule has 0 saturated heterocycles. The van der Waals surface area contributed by atoms with Gasteiger partial charge in [-0.15, -0.1) is 0 Å². The predicted octanol–water partition coefficient (Wildman–Crippen LogP) is 2.62. The number of imidazole rings is 1. The monoisotopic (exact) mass is 363 g/mol. The van der Waals surface area contributed by atoms with Gasteiger partial charge < -0.3 is 19.4 Å². The number of nitrogens with zero attached hydrogens (tertiary/aromatic N) is 2. The van der Waals surface area contributed by atoms with Gasteiger partial charge in [0.25, 0.3) is 0 Å². The Morgan fingerprint density at radius 2 is 1.92 bits per heavy atom. The number of hydrogen-bond acceptors (Lipinski definition) is 5. The van der Waals surface area contributed by atoms with Crippen molar-refractivity contribution in [2.75, 3.05) is 7.11 Å². The van der Waals surface area contributed by atoms with Gasteiger partial charge >= 0.3 is 12.1 Å². The molecule has 1 N–H and O–H groups in total.